The van der Waals surface area contributed by atoms with E-state index in [-0.39, 0.29) is 29.9 Å². The van der Waals surface area contributed by atoms with E-state index in [1.165, 1.54) is 31.2 Å². The van der Waals surface area contributed by atoms with E-state index in [1.807, 2.05) is 78.9 Å². The fraction of sp³-hybridized carbons (Fsp3) is 0.380. The molecule has 4 aliphatic rings. The summed E-state index contributed by atoms with van der Waals surface area (Å²) in [5.74, 6) is -2.69. The maximum absolute atomic E-state index is 15.2. The second kappa shape index (κ2) is 30.5. The van der Waals surface area contributed by atoms with E-state index in [0.29, 0.717) is 5.56 Å². The van der Waals surface area contributed by atoms with Crippen molar-refractivity contribution in [1.29, 1.82) is 0 Å². The lowest BCUT2D eigenvalue weighted by molar-refractivity contribution is -0.395. The summed E-state index contributed by atoms with van der Waals surface area (Å²) in [6.07, 6.45) is -18.6. The number of hydrogen-bond acceptors (Lipinski definition) is 21. The van der Waals surface area contributed by atoms with Gasteiger partial charge >= 0.3 is 35.8 Å². The average Bonchev–Trinajstić information content (AvgIpc) is 0.799. The summed E-state index contributed by atoms with van der Waals surface area (Å²) in [5.41, 5.74) is 0.924. The van der Waals surface area contributed by atoms with E-state index in [9.17, 15) is 24.0 Å². The summed E-state index contributed by atoms with van der Waals surface area (Å²) in [6, 6.07) is 52.8. The topological polar surface area (TPSA) is 241 Å². The number of rotatable bonds is 21. The first-order valence-electron chi connectivity index (χ1n) is 30.5. The molecule has 16 atom stereocenters. The van der Waals surface area contributed by atoms with Crippen molar-refractivity contribution in [2.75, 3.05) is 19.8 Å². The highest BCUT2D eigenvalue weighted by molar-refractivity contribution is 6.99. The highest BCUT2D eigenvalue weighted by Crippen LogP contribution is 2.43. The molecule has 0 saturated carbocycles. The Morgan fingerprint density at radius 3 is 1.40 bits per heavy atom. The molecule has 4 aliphatic heterocycles. The van der Waals surface area contributed by atoms with E-state index < -0.39 is 154 Å². The molecule has 0 amide bonds. The highest BCUT2D eigenvalue weighted by atomic mass is 28.4. The standard InChI is InChI=1S/C71H74O21Si/c1-9-40-78-68-61(92-69-62(84-46(5)74)58(83-45(4)73)55(43(2)81-69)82-44(3)72)59(87-64(75)47-28-16-10-17-29-47)57(54(85-68)42-80-93(71(6,7)8,51-36-24-14-25-37-51)52-38-26-15-27-39-52)91-70-63(89-66(77)49-32-20-12-21-33-49)60(88-65(76)48-30-18-11-19-31-48)56-53(86-70)41-79-67(90-56)50-34-22-13-23-35-50/h1,10-39,43,53-63,67-70H,40-42H2,2-8H3/t43-,53+,54+,55-,56+,57+,58+,59-,60-,61+,62+,63+,67?,68+,69-,70-/m0/s1. The van der Waals surface area contributed by atoms with Gasteiger partial charge in [0, 0.05) is 26.3 Å². The van der Waals surface area contributed by atoms with E-state index in [2.05, 4.69) is 26.7 Å². The Morgan fingerprint density at radius 1 is 0.484 bits per heavy atom. The Hall–Kier alpha value is -8.44. The first kappa shape index (κ1) is 67.4. The Labute approximate surface area is 540 Å². The molecular formula is C71H74O21Si. The Balaban J connectivity index is 1.17. The van der Waals surface area contributed by atoms with Crippen LogP contribution in [0.25, 0.3) is 0 Å². The lowest BCUT2D eigenvalue weighted by Gasteiger charge is -2.52. The van der Waals surface area contributed by atoms with Gasteiger partial charge in [0.15, 0.2) is 67.9 Å². The third-order valence-corrected chi connectivity index (χ3v) is 21.1. The van der Waals surface area contributed by atoms with E-state index in [1.54, 1.807) is 78.9 Å². The van der Waals surface area contributed by atoms with Gasteiger partial charge in [-0.2, -0.15) is 0 Å². The van der Waals surface area contributed by atoms with Crippen LogP contribution in [0.2, 0.25) is 5.04 Å². The first-order chi connectivity index (χ1) is 44.8. The van der Waals surface area contributed by atoms with E-state index >= 15 is 4.79 Å². The van der Waals surface area contributed by atoms with Gasteiger partial charge in [-0.05, 0) is 58.7 Å². The highest BCUT2D eigenvalue weighted by Gasteiger charge is 2.61. The molecule has 93 heavy (non-hydrogen) atoms. The van der Waals surface area contributed by atoms with Crippen LogP contribution in [0.15, 0.2) is 182 Å². The monoisotopic (exact) mass is 1290 g/mol. The molecule has 4 heterocycles. The van der Waals surface area contributed by atoms with Crippen LogP contribution in [0.3, 0.4) is 0 Å². The zero-order chi connectivity index (χ0) is 65.8. The number of ether oxygens (including phenoxy) is 14. The minimum absolute atomic E-state index is 0.0611. The molecule has 0 spiro atoms. The van der Waals surface area contributed by atoms with Crippen LogP contribution in [-0.4, -0.2) is 156 Å². The van der Waals surface area contributed by atoms with Crippen LogP contribution in [0.1, 0.15) is 91.4 Å². The first-order valence-corrected chi connectivity index (χ1v) is 32.4. The van der Waals surface area contributed by atoms with Crippen LogP contribution < -0.4 is 10.4 Å². The fourth-order valence-corrected chi connectivity index (χ4v) is 16.6. The normalized spacial score (nSPS) is 27.8. The molecule has 6 aromatic carbocycles. The van der Waals surface area contributed by atoms with Crippen LogP contribution in [0, 0.1) is 12.3 Å². The van der Waals surface area contributed by atoms with Crippen molar-refractivity contribution in [3.05, 3.63) is 204 Å². The van der Waals surface area contributed by atoms with E-state index in [0.717, 1.165) is 31.1 Å². The van der Waals surface area contributed by atoms with Crippen molar-refractivity contribution < 1.29 is 99.5 Å². The van der Waals surface area contributed by atoms with Crippen LogP contribution >= 0.6 is 0 Å². The summed E-state index contributed by atoms with van der Waals surface area (Å²) in [5, 5.41) is 1.12. The van der Waals surface area contributed by atoms with Gasteiger partial charge in [-0.15, -0.1) is 6.42 Å². The van der Waals surface area contributed by atoms with Gasteiger partial charge in [0.25, 0.3) is 8.32 Å². The zero-order valence-corrected chi connectivity index (χ0v) is 53.3. The van der Waals surface area contributed by atoms with E-state index in [4.69, 9.17) is 77.2 Å². The molecule has 1 unspecified atom stereocenters. The Kier molecular flexibility index (Phi) is 22.1. The summed E-state index contributed by atoms with van der Waals surface area (Å²) in [4.78, 5) is 83.5. The molecule has 21 nitrogen and oxygen atoms in total. The second-order valence-electron chi connectivity index (χ2n) is 23.6. The number of esters is 6. The quantitative estimate of drug-likeness (QED) is 0.0289. The minimum atomic E-state index is -3.57. The van der Waals surface area contributed by atoms with Gasteiger partial charge in [-0.1, -0.05) is 172 Å². The molecule has 0 aromatic heterocycles. The molecule has 0 radical (unpaired) electrons. The molecule has 0 bridgehead atoms. The summed E-state index contributed by atoms with van der Waals surface area (Å²) < 4.78 is 99.2. The minimum Gasteiger partial charge on any atom is -0.456 e. The van der Waals surface area contributed by atoms with Gasteiger partial charge in [0.1, 0.15) is 31.0 Å². The smallest absolute Gasteiger partial charge is 0.338 e. The van der Waals surface area contributed by atoms with Crippen molar-refractivity contribution in [1.82, 2.24) is 0 Å². The van der Waals surface area contributed by atoms with Gasteiger partial charge in [-0.25, -0.2) is 14.4 Å². The van der Waals surface area contributed by atoms with Crippen molar-refractivity contribution in [2.45, 2.75) is 152 Å². The molecule has 6 aromatic rings. The summed E-state index contributed by atoms with van der Waals surface area (Å²) in [6.45, 7) is 10.1. The number of benzene rings is 6. The van der Waals surface area contributed by atoms with Crippen LogP contribution in [0.4, 0.5) is 0 Å². The van der Waals surface area contributed by atoms with Crippen LogP contribution in [-0.2, 0) is 85.1 Å². The van der Waals surface area contributed by atoms with Gasteiger partial charge < -0.3 is 70.7 Å². The van der Waals surface area contributed by atoms with Crippen molar-refractivity contribution >= 4 is 54.5 Å². The van der Waals surface area contributed by atoms with Crippen LogP contribution in [0.5, 0.6) is 0 Å². The number of fused-ring (bicyclic) bond motifs is 1. The third-order valence-electron chi connectivity index (χ3n) is 16.1. The van der Waals surface area contributed by atoms with Crippen molar-refractivity contribution in [3.8, 4) is 12.3 Å². The Bertz CT molecular complexity index is 3480. The summed E-state index contributed by atoms with van der Waals surface area (Å²) in [7, 11) is -3.57. The molecule has 10 rings (SSSR count). The lowest BCUT2D eigenvalue weighted by Crippen LogP contribution is -2.70. The summed E-state index contributed by atoms with van der Waals surface area (Å²) >= 11 is 0. The predicted octanol–water partition coefficient (Wildman–Crippen LogP) is 7.76. The number of hydrogen-bond donors (Lipinski definition) is 0. The van der Waals surface area contributed by atoms with Gasteiger partial charge in [0.05, 0.1) is 36.0 Å². The molecule has 488 valence electrons. The largest absolute Gasteiger partial charge is 0.456 e. The zero-order valence-electron chi connectivity index (χ0n) is 52.3. The van der Waals surface area contributed by atoms with Gasteiger partial charge in [-0.3, -0.25) is 14.4 Å². The molecule has 4 fully saturated rings. The third kappa shape index (κ3) is 15.8. The number of carbonyl (C=O) groups is 6. The maximum atomic E-state index is 15.2. The molecule has 0 aliphatic carbocycles. The average molecular weight is 1290 g/mol. The fourth-order valence-electron chi connectivity index (χ4n) is 12.1. The molecule has 4 saturated heterocycles. The number of carbonyl (C=O) groups excluding carboxylic acids is 6. The predicted molar refractivity (Wildman–Crippen MR) is 333 cm³/mol. The molecular weight excluding hydrogens is 1220 g/mol. The Morgan fingerprint density at radius 2 is 0.903 bits per heavy atom. The lowest BCUT2D eigenvalue weighted by atomic mass is 9.95. The van der Waals surface area contributed by atoms with Crippen molar-refractivity contribution in [2.24, 2.45) is 0 Å². The molecule has 22 heteroatoms. The maximum Gasteiger partial charge on any atom is 0.338 e. The molecule has 0 N–H and O–H groups in total. The van der Waals surface area contributed by atoms with Crippen molar-refractivity contribution in [3.63, 3.8) is 0 Å². The second-order valence-corrected chi connectivity index (χ2v) is 27.9. The number of terminal acetylenes is 1. The van der Waals surface area contributed by atoms with Gasteiger partial charge in [0.2, 0.25) is 0 Å². The SMILES string of the molecule is C#CCO[C@@H]1O[C@H](CO[Si](c2ccccc2)(c2ccccc2)C(C)(C)C)[C@@H](O[C@@H]2O[C@@H]3COC(c4ccccc4)O[C@H]3[C@H](OC(=O)c3ccccc3)[C@H]2OC(=O)c2ccccc2)[C@H](OC(=O)c2ccccc2)[C@H]1O[C@@H]1O[C@@H](C)[C@H](OC(C)=O)[C@@H](OC(C)=O)[C@H]1OC(C)=O.